The van der Waals surface area contributed by atoms with Crippen LogP contribution in [0.3, 0.4) is 0 Å². The third-order valence-electron chi connectivity index (χ3n) is 2.18. The van der Waals surface area contributed by atoms with Crippen molar-refractivity contribution in [3.05, 3.63) is 0 Å². The van der Waals surface area contributed by atoms with Crippen molar-refractivity contribution >= 4 is 0 Å². The van der Waals surface area contributed by atoms with E-state index >= 15 is 0 Å². The molecule has 0 spiro atoms. The predicted octanol–water partition coefficient (Wildman–Crippen LogP) is 0.461. The van der Waals surface area contributed by atoms with Crippen molar-refractivity contribution in [2.24, 2.45) is 0 Å². The first-order chi connectivity index (χ1) is 4.20. The van der Waals surface area contributed by atoms with Gasteiger partial charge >= 0.3 is 0 Å². The number of rotatable bonds is 0. The predicted molar refractivity (Wildman–Crippen MR) is 37.3 cm³/mol. The summed E-state index contributed by atoms with van der Waals surface area (Å²) in [6.07, 6.45) is 1.84. The van der Waals surface area contributed by atoms with E-state index in [1.807, 2.05) is 0 Å². The number of hydrogen-bond donors (Lipinski definition) is 1. The van der Waals surface area contributed by atoms with Crippen LogP contribution in [0.15, 0.2) is 0 Å². The summed E-state index contributed by atoms with van der Waals surface area (Å²) in [6.45, 7) is 3.20. The largest absolute Gasteiger partial charge is 0.393 e. The van der Waals surface area contributed by atoms with Gasteiger partial charge in [0.15, 0.2) is 0 Å². The van der Waals surface area contributed by atoms with Crippen molar-refractivity contribution in [3.63, 3.8) is 0 Å². The van der Waals surface area contributed by atoms with Crippen molar-refractivity contribution in [2.45, 2.75) is 31.9 Å². The molecule has 0 aromatic carbocycles. The monoisotopic (exact) mass is 129 g/mol. The second-order valence-electron chi connectivity index (χ2n) is 3.01. The summed E-state index contributed by atoms with van der Waals surface area (Å²) in [5.41, 5.74) is 0. The van der Waals surface area contributed by atoms with E-state index in [2.05, 4.69) is 18.9 Å². The minimum Gasteiger partial charge on any atom is -0.393 e. The molecule has 1 aliphatic heterocycles. The van der Waals surface area contributed by atoms with Crippen LogP contribution in [0.1, 0.15) is 19.8 Å². The van der Waals surface area contributed by atoms with Crippen LogP contribution < -0.4 is 0 Å². The third kappa shape index (κ3) is 1.66. The van der Waals surface area contributed by atoms with Gasteiger partial charge in [0.05, 0.1) is 6.10 Å². The van der Waals surface area contributed by atoms with Gasteiger partial charge < -0.3 is 10.0 Å². The number of aliphatic hydroxyl groups excluding tert-OH is 1. The Morgan fingerprint density at radius 1 is 1.56 bits per heavy atom. The summed E-state index contributed by atoms with van der Waals surface area (Å²) < 4.78 is 0. The van der Waals surface area contributed by atoms with Gasteiger partial charge in [0, 0.05) is 12.6 Å². The van der Waals surface area contributed by atoms with Crippen molar-refractivity contribution in [2.75, 3.05) is 13.6 Å². The molecule has 2 heteroatoms. The molecule has 1 heterocycles. The Labute approximate surface area is 56.5 Å². The van der Waals surface area contributed by atoms with Crippen LogP contribution in [0.25, 0.3) is 0 Å². The van der Waals surface area contributed by atoms with Crippen LogP contribution in [-0.2, 0) is 0 Å². The standard InChI is InChI=1S/C7H15NO/c1-6-5-7(9)3-4-8(6)2/h6-7,9H,3-5H2,1-2H3/t6-,7+/m1/s1. The average molecular weight is 129 g/mol. The Kier molecular flexibility index (Phi) is 2.09. The minimum atomic E-state index is -0.0452. The minimum absolute atomic E-state index is 0.0452. The Bertz CT molecular complexity index is 94.9. The van der Waals surface area contributed by atoms with E-state index in [0.717, 1.165) is 19.4 Å². The lowest BCUT2D eigenvalue weighted by Gasteiger charge is -2.32. The molecule has 0 saturated carbocycles. The average Bonchev–Trinajstić information content (AvgIpc) is 1.80. The maximum absolute atomic E-state index is 9.17. The molecular formula is C7H15NO. The van der Waals surface area contributed by atoms with Crippen LogP contribution in [0.4, 0.5) is 0 Å². The zero-order chi connectivity index (χ0) is 6.85. The molecule has 2 nitrogen and oxygen atoms in total. The Balaban J connectivity index is 2.35. The zero-order valence-corrected chi connectivity index (χ0v) is 6.17. The van der Waals surface area contributed by atoms with Gasteiger partial charge in [-0.05, 0) is 26.8 Å². The van der Waals surface area contributed by atoms with Crippen LogP contribution in [0.5, 0.6) is 0 Å². The Morgan fingerprint density at radius 2 is 2.22 bits per heavy atom. The SMILES string of the molecule is C[C@@H]1C[C@@H](O)CCN1C. The van der Waals surface area contributed by atoms with E-state index in [1.54, 1.807) is 0 Å². The first-order valence-electron chi connectivity index (χ1n) is 3.58. The number of piperidine rings is 1. The van der Waals surface area contributed by atoms with Gasteiger partial charge in [-0.3, -0.25) is 0 Å². The number of hydrogen-bond acceptors (Lipinski definition) is 2. The van der Waals surface area contributed by atoms with E-state index in [-0.39, 0.29) is 6.10 Å². The van der Waals surface area contributed by atoms with Gasteiger partial charge in [-0.2, -0.15) is 0 Å². The highest BCUT2D eigenvalue weighted by Gasteiger charge is 2.19. The molecule has 0 aromatic heterocycles. The fourth-order valence-electron chi connectivity index (χ4n) is 1.26. The van der Waals surface area contributed by atoms with E-state index in [4.69, 9.17) is 0 Å². The molecule has 54 valence electrons. The molecule has 0 bridgehead atoms. The molecular weight excluding hydrogens is 114 g/mol. The molecule has 0 aromatic rings. The van der Waals surface area contributed by atoms with Gasteiger partial charge in [0.1, 0.15) is 0 Å². The highest BCUT2D eigenvalue weighted by Crippen LogP contribution is 2.14. The molecule has 1 saturated heterocycles. The lowest BCUT2D eigenvalue weighted by atomic mass is 10.0. The van der Waals surface area contributed by atoms with Crippen LogP contribution in [0, 0.1) is 0 Å². The first-order valence-corrected chi connectivity index (χ1v) is 3.58. The summed E-state index contributed by atoms with van der Waals surface area (Å²) >= 11 is 0. The summed E-state index contributed by atoms with van der Waals surface area (Å²) in [4.78, 5) is 2.28. The fraction of sp³-hybridized carbons (Fsp3) is 1.00. The lowest BCUT2D eigenvalue weighted by Crippen LogP contribution is -2.39. The second-order valence-corrected chi connectivity index (χ2v) is 3.01. The van der Waals surface area contributed by atoms with Crippen molar-refractivity contribution in [1.82, 2.24) is 4.90 Å². The van der Waals surface area contributed by atoms with E-state index in [9.17, 15) is 5.11 Å². The molecule has 9 heavy (non-hydrogen) atoms. The maximum Gasteiger partial charge on any atom is 0.0567 e. The van der Waals surface area contributed by atoms with E-state index in [1.165, 1.54) is 0 Å². The molecule has 1 fully saturated rings. The van der Waals surface area contributed by atoms with E-state index in [0.29, 0.717) is 6.04 Å². The first kappa shape index (κ1) is 7.03. The number of aliphatic hydroxyl groups is 1. The molecule has 1 aliphatic rings. The summed E-state index contributed by atoms with van der Waals surface area (Å²) in [7, 11) is 2.11. The van der Waals surface area contributed by atoms with Crippen LogP contribution in [0.2, 0.25) is 0 Å². The van der Waals surface area contributed by atoms with Gasteiger partial charge in [-0.1, -0.05) is 0 Å². The van der Waals surface area contributed by atoms with Gasteiger partial charge in [0.25, 0.3) is 0 Å². The van der Waals surface area contributed by atoms with Crippen LogP contribution in [-0.4, -0.2) is 35.7 Å². The van der Waals surface area contributed by atoms with Crippen molar-refractivity contribution in [3.8, 4) is 0 Å². The Hall–Kier alpha value is -0.0800. The summed E-state index contributed by atoms with van der Waals surface area (Å²) in [5, 5.41) is 9.17. The maximum atomic E-state index is 9.17. The smallest absolute Gasteiger partial charge is 0.0567 e. The van der Waals surface area contributed by atoms with Gasteiger partial charge in [-0.25, -0.2) is 0 Å². The number of nitrogens with zero attached hydrogens (tertiary/aromatic N) is 1. The molecule has 0 amide bonds. The zero-order valence-electron chi connectivity index (χ0n) is 6.17. The number of likely N-dealkylation sites (tertiary alicyclic amines) is 1. The topological polar surface area (TPSA) is 23.5 Å². The second kappa shape index (κ2) is 2.67. The normalized spacial score (nSPS) is 39.0. The lowest BCUT2D eigenvalue weighted by molar-refractivity contribution is 0.0624. The summed E-state index contributed by atoms with van der Waals surface area (Å²) in [5.74, 6) is 0. The molecule has 1 N–H and O–H groups in total. The highest BCUT2D eigenvalue weighted by atomic mass is 16.3. The van der Waals surface area contributed by atoms with Gasteiger partial charge in [0.2, 0.25) is 0 Å². The summed E-state index contributed by atoms with van der Waals surface area (Å²) in [6, 6.07) is 0.564. The Morgan fingerprint density at radius 3 is 2.67 bits per heavy atom. The van der Waals surface area contributed by atoms with Crippen molar-refractivity contribution < 1.29 is 5.11 Å². The molecule has 2 atom stereocenters. The highest BCUT2D eigenvalue weighted by molar-refractivity contribution is 4.75. The third-order valence-corrected chi connectivity index (χ3v) is 2.18. The molecule has 0 aliphatic carbocycles. The quantitative estimate of drug-likeness (QED) is 0.513. The van der Waals surface area contributed by atoms with Gasteiger partial charge in [-0.15, -0.1) is 0 Å². The molecule has 1 rings (SSSR count). The molecule has 0 unspecified atom stereocenters. The van der Waals surface area contributed by atoms with E-state index < -0.39 is 0 Å². The molecule has 0 radical (unpaired) electrons. The fourth-order valence-corrected chi connectivity index (χ4v) is 1.26. The van der Waals surface area contributed by atoms with Crippen LogP contribution >= 0.6 is 0 Å². The van der Waals surface area contributed by atoms with Crippen molar-refractivity contribution in [1.29, 1.82) is 0 Å².